The molecule has 1 aromatic heterocycles. The van der Waals surface area contributed by atoms with Gasteiger partial charge in [0.2, 0.25) is 6.79 Å². The minimum absolute atomic E-state index is 0.220. The number of anilines is 1. The number of primary amides is 1. The number of hydrogen-bond donors (Lipinski definition) is 3. The lowest BCUT2D eigenvalue weighted by Crippen LogP contribution is -2.32. The Morgan fingerprint density at radius 3 is 2.85 bits per heavy atom. The van der Waals surface area contributed by atoms with Crippen molar-refractivity contribution in [1.82, 2.24) is 9.69 Å². The zero-order chi connectivity index (χ0) is 19.4. The Morgan fingerprint density at radius 2 is 2.11 bits per heavy atom. The summed E-state index contributed by atoms with van der Waals surface area (Å²) in [6.07, 6.45) is 0. The molecule has 1 aromatic carbocycles. The number of rotatable bonds is 7. The average molecular weight is 409 g/mol. The third kappa shape index (κ3) is 4.83. The van der Waals surface area contributed by atoms with Crippen molar-refractivity contribution in [3.8, 4) is 11.5 Å². The minimum atomic E-state index is -0.629. The molecule has 27 heavy (non-hydrogen) atoms. The van der Waals surface area contributed by atoms with Gasteiger partial charge in [-0.25, -0.2) is 4.79 Å². The number of urea groups is 1. The van der Waals surface area contributed by atoms with Crippen molar-refractivity contribution in [2.45, 2.75) is 24.6 Å². The molecule has 3 rings (SSSR count). The lowest BCUT2D eigenvalue weighted by atomic mass is 10.2. The summed E-state index contributed by atoms with van der Waals surface area (Å²) in [7, 11) is 0. The van der Waals surface area contributed by atoms with Crippen LogP contribution < -0.4 is 25.8 Å². The molecule has 1 aliphatic heterocycles. The van der Waals surface area contributed by atoms with Gasteiger partial charge in [-0.1, -0.05) is 31.7 Å². The number of carbonyl (C=O) groups is 2. The number of thioether (sulfide) groups is 1. The van der Waals surface area contributed by atoms with E-state index >= 15 is 0 Å². The zero-order valence-electron chi connectivity index (χ0n) is 14.9. The molecule has 2 heterocycles. The largest absolute Gasteiger partial charge is 0.454 e. The molecule has 0 saturated heterocycles. The van der Waals surface area contributed by atoms with Crippen LogP contribution in [0.1, 0.15) is 29.8 Å². The van der Waals surface area contributed by atoms with Gasteiger partial charge >= 0.3 is 6.03 Å². The maximum absolute atomic E-state index is 12.0. The van der Waals surface area contributed by atoms with Crippen molar-refractivity contribution in [2.75, 3.05) is 18.7 Å². The molecule has 1 aliphatic rings. The maximum Gasteiger partial charge on any atom is 0.319 e. The van der Waals surface area contributed by atoms with Crippen LogP contribution in [0.2, 0.25) is 0 Å². The van der Waals surface area contributed by atoms with Gasteiger partial charge in [-0.15, -0.1) is 0 Å². The van der Waals surface area contributed by atoms with Crippen LogP contribution in [0.5, 0.6) is 11.5 Å². The number of fused-ring (bicyclic) bond motifs is 1. The van der Waals surface area contributed by atoms with Gasteiger partial charge < -0.3 is 20.5 Å². The fourth-order valence-corrected chi connectivity index (χ4v) is 4.21. The molecule has 10 heteroatoms. The van der Waals surface area contributed by atoms with Crippen molar-refractivity contribution < 1.29 is 19.1 Å². The number of nitrogens with zero attached hydrogens (tertiary/aromatic N) is 1. The normalized spacial score (nSPS) is 12.3. The molecule has 0 spiro atoms. The first-order valence-corrected chi connectivity index (χ1v) is 10.1. The first-order chi connectivity index (χ1) is 12.9. The van der Waals surface area contributed by atoms with Gasteiger partial charge in [0.25, 0.3) is 5.91 Å². The molecular formula is C17H20N4O4S2. The van der Waals surface area contributed by atoms with E-state index in [1.165, 1.54) is 11.8 Å². The van der Waals surface area contributed by atoms with E-state index in [0.717, 1.165) is 17.1 Å². The van der Waals surface area contributed by atoms with Crippen molar-refractivity contribution in [3.63, 3.8) is 0 Å². The van der Waals surface area contributed by atoms with E-state index in [2.05, 4.69) is 15.0 Å². The lowest BCUT2D eigenvalue weighted by Gasteiger charge is -2.09. The monoisotopic (exact) mass is 408 g/mol. The van der Waals surface area contributed by atoms with Crippen molar-refractivity contribution in [1.29, 1.82) is 0 Å². The topological polar surface area (TPSA) is 116 Å². The number of nitrogens with two attached hydrogens (primary N) is 1. The molecule has 0 fully saturated rings. The molecule has 4 N–H and O–H groups in total. The van der Waals surface area contributed by atoms with Gasteiger partial charge in [-0.05, 0) is 35.1 Å². The number of hydrogen-bond acceptors (Lipinski definition) is 7. The molecule has 0 atom stereocenters. The summed E-state index contributed by atoms with van der Waals surface area (Å²) in [6.45, 7) is 4.74. The van der Waals surface area contributed by atoms with Crippen LogP contribution in [-0.4, -0.2) is 29.6 Å². The van der Waals surface area contributed by atoms with Crippen LogP contribution in [0.4, 0.5) is 9.80 Å². The van der Waals surface area contributed by atoms with Crippen LogP contribution in [0.15, 0.2) is 23.2 Å². The molecule has 0 saturated carbocycles. The molecular weight excluding hydrogens is 388 g/mol. The molecule has 8 nitrogen and oxygen atoms in total. The number of benzene rings is 1. The van der Waals surface area contributed by atoms with Crippen molar-refractivity contribution >= 4 is 40.2 Å². The third-order valence-corrected chi connectivity index (χ3v) is 5.54. The van der Waals surface area contributed by atoms with E-state index < -0.39 is 5.91 Å². The van der Waals surface area contributed by atoms with Crippen molar-refractivity contribution in [3.05, 3.63) is 29.3 Å². The second kappa shape index (κ2) is 8.49. The number of nitrogens with one attached hydrogen (secondary N) is 2. The van der Waals surface area contributed by atoms with E-state index in [-0.39, 0.29) is 18.4 Å². The predicted molar refractivity (Wildman–Crippen MR) is 105 cm³/mol. The molecule has 0 aliphatic carbocycles. The Hall–Kier alpha value is -2.46. The van der Waals surface area contributed by atoms with E-state index in [9.17, 15) is 9.59 Å². The number of carbonyl (C=O) groups excluding carboxylic acids is 2. The molecule has 0 radical (unpaired) electrons. The highest BCUT2D eigenvalue weighted by Gasteiger charge is 2.21. The van der Waals surface area contributed by atoms with Gasteiger partial charge in [0, 0.05) is 12.3 Å². The van der Waals surface area contributed by atoms with Gasteiger partial charge in [0.1, 0.15) is 15.6 Å². The van der Waals surface area contributed by atoms with E-state index in [4.69, 9.17) is 15.2 Å². The molecule has 0 unspecified atom stereocenters. The van der Waals surface area contributed by atoms with Crippen LogP contribution in [0.25, 0.3) is 0 Å². The average Bonchev–Trinajstić information content (AvgIpc) is 3.24. The molecule has 144 valence electrons. The summed E-state index contributed by atoms with van der Waals surface area (Å²) in [4.78, 5) is 23.8. The Kier molecular flexibility index (Phi) is 6.07. The van der Waals surface area contributed by atoms with Crippen LogP contribution in [0, 0.1) is 5.92 Å². The number of amides is 3. The minimum Gasteiger partial charge on any atom is -0.454 e. The van der Waals surface area contributed by atoms with Crippen LogP contribution in [-0.2, 0) is 5.75 Å². The zero-order valence-corrected chi connectivity index (χ0v) is 16.5. The van der Waals surface area contributed by atoms with Crippen LogP contribution in [0.3, 0.4) is 0 Å². The molecule has 2 aromatic rings. The summed E-state index contributed by atoms with van der Waals surface area (Å²) in [5.74, 6) is 1.68. The van der Waals surface area contributed by atoms with Gasteiger partial charge in [-0.2, -0.15) is 4.37 Å². The summed E-state index contributed by atoms with van der Waals surface area (Å²) in [5, 5.41) is 6.22. The molecule has 3 amide bonds. The highest BCUT2D eigenvalue weighted by molar-refractivity contribution is 7.98. The second-order valence-electron chi connectivity index (χ2n) is 6.26. The van der Waals surface area contributed by atoms with E-state index in [0.29, 0.717) is 39.7 Å². The fraction of sp³-hybridized carbons (Fsp3) is 0.353. The van der Waals surface area contributed by atoms with Gasteiger partial charge in [0.15, 0.2) is 11.5 Å². The Labute approximate surface area is 165 Å². The highest BCUT2D eigenvalue weighted by atomic mass is 32.2. The standard InChI is InChI=1S/C17H20N4O4S2/c1-9(2)6-19-17(23)20-15-13(14(18)22)16(21-27-15)26-7-10-3-4-11-12(5-10)25-8-24-11/h3-5,9H,6-8H2,1-2H3,(H2,18,22)(H2,19,20,23). The summed E-state index contributed by atoms with van der Waals surface area (Å²) in [5.41, 5.74) is 6.73. The van der Waals surface area contributed by atoms with Gasteiger partial charge in [-0.3, -0.25) is 10.1 Å². The SMILES string of the molecule is CC(C)CNC(=O)Nc1snc(SCc2ccc3c(c2)OCO3)c1C(N)=O. The number of aromatic nitrogens is 1. The quantitative estimate of drug-likeness (QED) is 0.607. The van der Waals surface area contributed by atoms with E-state index in [1.807, 2.05) is 32.0 Å². The summed E-state index contributed by atoms with van der Waals surface area (Å²) >= 11 is 2.40. The Morgan fingerprint density at radius 1 is 1.33 bits per heavy atom. The van der Waals surface area contributed by atoms with E-state index in [1.54, 1.807) is 0 Å². The highest BCUT2D eigenvalue weighted by Crippen LogP contribution is 2.36. The fourth-order valence-electron chi connectivity index (χ4n) is 2.30. The smallest absolute Gasteiger partial charge is 0.319 e. The van der Waals surface area contributed by atoms with Crippen molar-refractivity contribution in [2.24, 2.45) is 11.7 Å². The van der Waals surface area contributed by atoms with Gasteiger partial charge in [0.05, 0.1) is 0 Å². The lowest BCUT2D eigenvalue weighted by molar-refractivity contribution is 0.0998. The number of ether oxygens (including phenoxy) is 2. The van der Waals surface area contributed by atoms with Crippen LogP contribution >= 0.6 is 23.3 Å². The second-order valence-corrected chi connectivity index (χ2v) is 8.00. The predicted octanol–water partition coefficient (Wildman–Crippen LogP) is 3.04. The first-order valence-electron chi connectivity index (χ1n) is 8.29. The first kappa shape index (κ1) is 19.3. The Bertz CT molecular complexity index is 853. The Balaban J connectivity index is 1.67. The maximum atomic E-state index is 12.0. The molecule has 0 bridgehead atoms. The third-order valence-electron chi connectivity index (χ3n) is 3.62. The summed E-state index contributed by atoms with van der Waals surface area (Å²) < 4.78 is 14.9. The summed E-state index contributed by atoms with van der Waals surface area (Å²) in [6, 6.07) is 5.28.